The largest absolute Gasteiger partial charge is 0.497 e. The lowest BCUT2D eigenvalue weighted by molar-refractivity contribution is -0.120. The lowest BCUT2D eigenvalue weighted by atomic mass is 10.0. The van der Waals surface area contributed by atoms with E-state index in [1.54, 1.807) is 14.0 Å². The molecule has 1 aromatic carbocycles. The third-order valence-corrected chi connectivity index (χ3v) is 2.13. The second kappa shape index (κ2) is 5.01. The Morgan fingerprint density at radius 2 is 1.69 bits per heavy atom. The molecule has 1 aromatic rings. The van der Waals surface area contributed by atoms with Gasteiger partial charge in [0.05, 0.1) is 7.11 Å². The van der Waals surface area contributed by atoms with Gasteiger partial charge in [0.25, 0.3) is 0 Å². The van der Waals surface area contributed by atoms with E-state index in [0.717, 1.165) is 11.5 Å². The maximum absolute atomic E-state index is 11.1. The van der Waals surface area contributed by atoms with Crippen LogP contribution in [-0.2, 0) is 4.79 Å². The van der Waals surface area contributed by atoms with E-state index in [1.807, 2.05) is 38.1 Å². The Bertz CT molecular complexity index is 352. The highest BCUT2D eigenvalue weighted by atomic mass is 16.5. The number of hydrogen-bond acceptors (Lipinski definition) is 3. The number of rotatable bonds is 5. The van der Waals surface area contributed by atoms with Crippen LogP contribution in [0.15, 0.2) is 24.3 Å². The molecule has 0 saturated heterocycles. The molecule has 0 aliphatic carbocycles. The van der Waals surface area contributed by atoms with Gasteiger partial charge in [0.1, 0.15) is 22.9 Å². The molecule has 0 N–H and O–H groups in total. The van der Waals surface area contributed by atoms with Gasteiger partial charge >= 0.3 is 0 Å². The third-order valence-electron chi connectivity index (χ3n) is 2.13. The molecule has 0 heterocycles. The molecule has 16 heavy (non-hydrogen) atoms. The molecule has 88 valence electrons. The van der Waals surface area contributed by atoms with Crippen molar-refractivity contribution < 1.29 is 14.3 Å². The second-order valence-electron chi connectivity index (χ2n) is 4.42. The Kier molecular flexibility index (Phi) is 3.93. The highest BCUT2D eigenvalue weighted by Gasteiger charge is 2.21. The van der Waals surface area contributed by atoms with Crippen LogP contribution in [0.5, 0.6) is 11.5 Å². The van der Waals surface area contributed by atoms with Gasteiger partial charge < -0.3 is 9.47 Å². The van der Waals surface area contributed by atoms with Crippen molar-refractivity contribution in [3.63, 3.8) is 0 Å². The van der Waals surface area contributed by atoms with Crippen molar-refractivity contribution in [3.8, 4) is 11.5 Å². The van der Waals surface area contributed by atoms with Gasteiger partial charge in [-0.2, -0.15) is 0 Å². The van der Waals surface area contributed by atoms with E-state index in [-0.39, 0.29) is 5.78 Å². The Morgan fingerprint density at radius 1 is 1.19 bits per heavy atom. The maximum Gasteiger partial charge on any atom is 0.133 e. The van der Waals surface area contributed by atoms with E-state index in [0.29, 0.717) is 6.42 Å². The van der Waals surface area contributed by atoms with Crippen LogP contribution in [0.25, 0.3) is 0 Å². The van der Waals surface area contributed by atoms with Crippen molar-refractivity contribution in [2.75, 3.05) is 7.11 Å². The van der Waals surface area contributed by atoms with Gasteiger partial charge in [-0.05, 0) is 45.0 Å². The molecule has 0 unspecified atom stereocenters. The fourth-order valence-electron chi connectivity index (χ4n) is 1.60. The molecular weight excluding hydrogens is 204 g/mol. The highest BCUT2D eigenvalue weighted by molar-refractivity contribution is 5.76. The number of carbonyl (C=O) groups excluding carboxylic acids is 1. The number of Topliss-reactive ketones (excluding diaryl/α,β-unsaturated/α-hetero) is 1. The van der Waals surface area contributed by atoms with E-state index in [2.05, 4.69) is 0 Å². The predicted octanol–water partition coefficient (Wildman–Crippen LogP) is 2.83. The SMILES string of the molecule is COc1ccc(OC(C)(C)CC(C)=O)cc1. The molecule has 0 aliphatic rings. The van der Waals surface area contributed by atoms with Crippen LogP contribution in [0.4, 0.5) is 0 Å². The van der Waals surface area contributed by atoms with E-state index in [4.69, 9.17) is 9.47 Å². The molecular formula is C13H18O3. The van der Waals surface area contributed by atoms with Gasteiger partial charge in [0.15, 0.2) is 0 Å². The molecule has 1 rings (SSSR count). The van der Waals surface area contributed by atoms with Crippen LogP contribution >= 0.6 is 0 Å². The van der Waals surface area contributed by atoms with Gasteiger partial charge in [-0.3, -0.25) is 4.79 Å². The summed E-state index contributed by atoms with van der Waals surface area (Å²) in [6, 6.07) is 7.33. The van der Waals surface area contributed by atoms with E-state index in [9.17, 15) is 4.79 Å². The van der Waals surface area contributed by atoms with E-state index in [1.165, 1.54) is 0 Å². The fourth-order valence-corrected chi connectivity index (χ4v) is 1.60. The number of hydrogen-bond donors (Lipinski definition) is 0. The zero-order valence-electron chi connectivity index (χ0n) is 10.2. The highest BCUT2D eigenvalue weighted by Crippen LogP contribution is 2.23. The number of ketones is 1. The van der Waals surface area contributed by atoms with E-state index < -0.39 is 5.60 Å². The molecule has 0 aliphatic heterocycles. The molecule has 0 spiro atoms. The van der Waals surface area contributed by atoms with Crippen LogP contribution in [-0.4, -0.2) is 18.5 Å². The Hall–Kier alpha value is -1.51. The van der Waals surface area contributed by atoms with Crippen molar-refractivity contribution in [2.24, 2.45) is 0 Å². The summed E-state index contributed by atoms with van der Waals surface area (Å²) in [5, 5.41) is 0. The first-order valence-corrected chi connectivity index (χ1v) is 5.25. The summed E-state index contributed by atoms with van der Waals surface area (Å²) in [7, 11) is 1.62. The summed E-state index contributed by atoms with van der Waals surface area (Å²) in [5.74, 6) is 1.65. The minimum Gasteiger partial charge on any atom is -0.497 e. The first-order valence-electron chi connectivity index (χ1n) is 5.25. The number of ether oxygens (including phenoxy) is 2. The Morgan fingerprint density at radius 3 is 2.12 bits per heavy atom. The summed E-state index contributed by atoms with van der Waals surface area (Å²) >= 11 is 0. The molecule has 0 amide bonds. The topological polar surface area (TPSA) is 35.5 Å². The van der Waals surface area contributed by atoms with Gasteiger partial charge in [-0.15, -0.1) is 0 Å². The third kappa shape index (κ3) is 3.93. The molecule has 0 bridgehead atoms. The van der Waals surface area contributed by atoms with Crippen molar-refractivity contribution in [1.82, 2.24) is 0 Å². The molecule has 3 heteroatoms. The smallest absolute Gasteiger partial charge is 0.133 e. The normalized spacial score (nSPS) is 11.0. The summed E-state index contributed by atoms with van der Waals surface area (Å²) in [6.45, 7) is 5.37. The van der Waals surface area contributed by atoms with Crippen LogP contribution in [0.1, 0.15) is 27.2 Å². The Labute approximate surface area is 96.4 Å². The Balaban J connectivity index is 2.68. The molecule has 0 aromatic heterocycles. The van der Waals surface area contributed by atoms with Crippen molar-refractivity contribution in [1.29, 1.82) is 0 Å². The summed E-state index contributed by atoms with van der Waals surface area (Å²) < 4.78 is 10.8. The molecule has 0 fully saturated rings. The van der Waals surface area contributed by atoms with Gasteiger partial charge in [-0.25, -0.2) is 0 Å². The molecule has 0 atom stereocenters. The van der Waals surface area contributed by atoms with Gasteiger partial charge in [0.2, 0.25) is 0 Å². The van der Waals surface area contributed by atoms with Crippen molar-refractivity contribution in [3.05, 3.63) is 24.3 Å². The average molecular weight is 222 g/mol. The predicted molar refractivity (Wildman–Crippen MR) is 63.0 cm³/mol. The average Bonchev–Trinajstić information content (AvgIpc) is 2.16. The van der Waals surface area contributed by atoms with Crippen LogP contribution in [0.3, 0.4) is 0 Å². The molecule has 3 nitrogen and oxygen atoms in total. The minimum absolute atomic E-state index is 0.124. The standard InChI is InChI=1S/C13H18O3/c1-10(14)9-13(2,3)16-12-7-5-11(15-4)6-8-12/h5-8H,9H2,1-4H3. The second-order valence-corrected chi connectivity index (χ2v) is 4.42. The quantitative estimate of drug-likeness (QED) is 0.768. The zero-order chi connectivity index (χ0) is 12.2. The minimum atomic E-state index is -0.472. The number of benzene rings is 1. The van der Waals surface area contributed by atoms with Crippen molar-refractivity contribution in [2.45, 2.75) is 32.8 Å². The summed E-state index contributed by atoms with van der Waals surface area (Å²) in [5.41, 5.74) is -0.472. The first-order chi connectivity index (χ1) is 7.43. The van der Waals surface area contributed by atoms with Crippen molar-refractivity contribution >= 4 is 5.78 Å². The maximum atomic E-state index is 11.1. The number of methoxy groups -OCH3 is 1. The van der Waals surface area contributed by atoms with Gasteiger partial charge in [0, 0.05) is 6.42 Å². The first kappa shape index (κ1) is 12.6. The lowest BCUT2D eigenvalue weighted by Gasteiger charge is -2.25. The zero-order valence-corrected chi connectivity index (χ0v) is 10.2. The van der Waals surface area contributed by atoms with Crippen LogP contribution in [0, 0.1) is 0 Å². The van der Waals surface area contributed by atoms with Crippen LogP contribution in [0.2, 0.25) is 0 Å². The molecule has 0 radical (unpaired) electrons. The number of carbonyl (C=O) groups is 1. The van der Waals surface area contributed by atoms with Gasteiger partial charge in [-0.1, -0.05) is 0 Å². The summed E-state index contributed by atoms with van der Waals surface area (Å²) in [6.07, 6.45) is 0.402. The lowest BCUT2D eigenvalue weighted by Crippen LogP contribution is -2.30. The van der Waals surface area contributed by atoms with Crippen LogP contribution < -0.4 is 9.47 Å². The fraction of sp³-hybridized carbons (Fsp3) is 0.462. The monoisotopic (exact) mass is 222 g/mol. The molecule has 0 saturated carbocycles. The van der Waals surface area contributed by atoms with E-state index >= 15 is 0 Å². The summed E-state index contributed by atoms with van der Waals surface area (Å²) in [4.78, 5) is 11.1.